The maximum Gasteiger partial charge on any atom is 0.0439 e. The quantitative estimate of drug-likeness (QED) is 0.885. The molecular weight excluding hydrogens is 248 g/mol. The molecule has 1 rings (SSSR count). The zero-order valence-electron chi connectivity index (χ0n) is 8.22. The first-order valence-electron chi connectivity index (χ1n) is 4.34. The zero-order valence-corrected chi connectivity index (χ0v) is 10.6. The molecule has 0 fully saturated rings. The highest BCUT2D eigenvalue weighted by atomic mass is 79.9. The minimum atomic E-state index is 0.0759. The summed E-state index contributed by atoms with van der Waals surface area (Å²) in [7, 11) is 0. The molecule has 0 bridgehead atoms. The highest BCUT2D eigenvalue weighted by Crippen LogP contribution is 2.38. The average molecular weight is 263 g/mol. The van der Waals surface area contributed by atoms with Crippen LogP contribution in [-0.4, -0.2) is 11.7 Å². The van der Waals surface area contributed by atoms with E-state index in [-0.39, 0.29) is 12.0 Å². The zero-order chi connectivity index (χ0) is 10.1. The number of thiophene rings is 1. The third kappa shape index (κ3) is 2.55. The van der Waals surface area contributed by atoms with E-state index in [0.29, 0.717) is 0 Å². The van der Waals surface area contributed by atoms with Crippen LogP contribution in [0, 0.1) is 6.92 Å². The molecule has 0 unspecified atom stereocenters. The molecule has 1 N–H and O–H groups in total. The van der Waals surface area contributed by atoms with Crippen LogP contribution in [0.5, 0.6) is 0 Å². The van der Waals surface area contributed by atoms with Crippen LogP contribution in [0.25, 0.3) is 0 Å². The van der Waals surface area contributed by atoms with E-state index in [1.807, 2.05) is 0 Å². The summed E-state index contributed by atoms with van der Waals surface area (Å²) in [6.45, 7) is 6.68. The van der Waals surface area contributed by atoms with Crippen LogP contribution in [-0.2, 0) is 5.41 Å². The summed E-state index contributed by atoms with van der Waals surface area (Å²) < 4.78 is 1.17. The fraction of sp³-hybridized carbons (Fsp3) is 0.600. The lowest BCUT2D eigenvalue weighted by Crippen LogP contribution is -2.17. The van der Waals surface area contributed by atoms with Gasteiger partial charge >= 0.3 is 0 Å². The van der Waals surface area contributed by atoms with Gasteiger partial charge in [-0.3, -0.25) is 0 Å². The standard InChI is InChI=1S/C10H15BrOS/c1-7-6-8(11)9(13-7)10(2,3)4-5-12/h6,12H,4-5H2,1-3H3. The van der Waals surface area contributed by atoms with Crippen molar-refractivity contribution >= 4 is 27.3 Å². The molecular formula is C10H15BrOS. The van der Waals surface area contributed by atoms with Crippen LogP contribution >= 0.6 is 27.3 Å². The Bertz CT molecular complexity index is 291. The first kappa shape index (κ1) is 11.2. The minimum Gasteiger partial charge on any atom is -0.396 e. The Morgan fingerprint density at radius 2 is 2.15 bits per heavy atom. The summed E-state index contributed by atoms with van der Waals surface area (Å²) in [5, 5.41) is 8.95. The topological polar surface area (TPSA) is 20.2 Å². The van der Waals surface area contributed by atoms with Gasteiger partial charge in [-0.25, -0.2) is 0 Å². The predicted octanol–water partition coefficient (Wildman–Crippen LogP) is 3.48. The fourth-order valence-corrected chi connectivity index (χ4v) is 3.65. The van der Waals surface area contributed by atoms with Crippen molar-refractivity contribution < 1.29 is 5.11 Å². The molecule has 0 amide bonds. The van der Waals surface area contributed by atoms with E-state index in [1.165, 1.54) is 14.2 Å². The molecule has 0 aromatic carbocycles. The number of aryl methyl sites for hydroxylation is 1. The molecule has 0 saturated heterocycles. The number of halogens is 1. The summed E-state index contributed by atoms with van der Waals surface area (Å²) in [6.07, 6.45) is 0.811. The van der Waals surface area contributed by atoms with Gasteiger partial charge in [0.1, 0.15) is 0 Å². The van der Waals surface area contributed by atoms with Gasteiger partial charge in [0.15, 0.2) is 0 Å². The van der Waals surface area contributed by atoms with Gasteiger partial charge in [-0.05, 0) is 35.3 Å². The second-order valence-electron chi connectivity index (χ2n) is 3.89. The van der Waals surface area contributed by atoms with Gasteiger partial charge in [0.25, 0.3) is 0 Å². The van der Waals surface area contributed by atoms with Gasteiger partial charge in [-0.1, -0.05) is 13.8 Å². The van der Waals surface area contributed by atoms with E-state index in [4.69, 9.17) is 5.11 Å². The molecule has 1 nitrogen and oxygen atoms in total. The Morgan fingerprint density at radius 3 is 2.54 bits per heavy atom. The second-order valence-corrected chi connectivity index (χ2v) is 6.00. The number of aliphatic hydroxyl groups excluding tert-OH is 1. The van der Waals surface area contributed by atoms with Crippen molar-refractivity contribution in [3.8, 4) is 0 Å². The fourth-order valence-electron chi connectivity index (χ4n) is 1.34. The number of aliphatic hydroxyl groups is 1. The minimum absolute atomic E-state index is 0.0759. The van der Waals surface area contributed by atoms with Crippen LogP contribution in [0.3, 0.4) is 0 Å². The third-order valence-electron chi connectivity index (χ3n) is 2.16. The van der Waals surface area contributed by atoms with E-state index in [2.05, 4.69) is 42.8 Å². The molecule has 13 heavy (non-hydrogen) atoms. The molecule has 0 radical (unpaired) electrons. The van der Waals surface area contributed by atoms with Gasteiger partial charge in [0.2, 0.25) is 0 Å². The van der Waals surface area contributed by atoms with Crippen LogP contribution in [0.1, 0.15) is 30.0 Å². The summed E-state index contributed by atoms with van der Waals surface area (Å²) >= 11 is 5.35. The Balaban J connectivity index is 2.98. The molecule has 0 spiro atoms. The third-order valence-corrected chi connectivity index (χ3v) is 4.47. The first-order chi connectivity index (χ1) is 5.97. The van der Waals surface area contributed by atoms with Gasteiger partial charge in [-0.2, -0.15) is 0 Å². The molecule has 3 heteroatoms. The van der Waals surface area contributed by atoms with Gasteiger partial charge < -0.3 is 5.11 Å². The van der Waals surface area contributed by atoms with Crippen molar-refractivity contribution in [1.29, 1.82) is 0 Å². The molecule has 1 aromatic heterocycles. The summed E-state index contributed by atoms with van der Waals surface area (Å²) in [5.74, 6) is 0. The normalized spacial score (nSPS) is 12.1. The van der Waals surface area contributed by atoms with E-state index in [0.717, 1.165) is 6.42 Å². The maximum atomic E-state index is 8.95. The Labute approximate surface area is 91.9 Å². The van der Waals surface area contributed by atoms with E-state index in [9.17, 15) is 0 Å². The number of rotatable bonds is 3. The second kappa shape index (κ2) is 4.11. The van der Waals surface area contributed by atoms with E-state index in [1.54, 1.807) is 11.3 Å². The molecule has 1 aromatic rings. The van der Waals surface area contributed by atoms with Crippen molar-refractivity contribution in [2.45, 2.75) is 32.6 Å². The lowest BCUT2D eigenvalue weighted by molar-refractivity contribution is 0.253. The van der Waals surface area contributed by atoms with Crippen LogP contribution < -0.4 is 0 Å². The first-order valence-corrected chi connectivity index (χ1v) is 5.95. The number of hydrogen-bond donors (Lipinski definition) is 1. The lowest BCUT2D eigenvalue weighted by atomic mass is 9.88. The van der Waals surface area contributed by atoms with Crippen molar-refractivity contribution in [1.82, 2.24) is 0 Å². The monoisotopic (exact) mass is 262 g/mol. The van der Waals surface area contributed by atoms with Crippen molar-refractivity contribution in [2.24, 2.45) is 0 Å². The molecule has 0 saturated carbocycles. The Hall–Kier alpha value is 0.140. The van der Waals surface area contributed by atoms with Crippen molar-refractivity contribution in [3.63, 3.8) is 0 Å². The lowest BCUT2D eigenvalue weighted by Gasteiger charge is -2.22. The average Bonchev–Trinajstić information content (AvgIpc) is 2.30. The smallest absolute Gasteiger partial charge is 0.0439 e. The van der Waals surface area contributed by atoms with Gasteiger partial charge in [-0.15, -0.1) is 11.3 Å². The maximum absolute atomic E-state index is 8.95. The van der Waals surface area contributed by atoms with E-state index < -0.39 is 0 Å². The Kier molecular flexibility index (Phi) is 3.55. The summed E-state index contributed by atoms with van der Waals surface area (Å²) in [6, 6.07) is 2.14. The highest BCUT2D eigenvalue weighted by Gasteiger charge is 2.24. The Morgan fingerprint density at radius 1 is 1.54 bits per heavy atom. The van der Waals surface area contributed by atoms with Crippen LogP contribution in [0.4, 0.5) is 0 Å². The predicted molar refractivity (Wildman–Crippen MR) is 61.5 cm³/mol. The molecule has 0 aliphatic carbocycles. The van der Waals surface area contributed by atoms with Crippen LogP contribution in [0.2, 0.25) is 0 Å². The summed E-state index contributed by atoms with van der Waals surface area (Å²) in [4.78, 5) is 2.65. The SMILES string of the molecule is Cc1cc(Br)c(C(C)(C)CCO)s1. The number of hydrogen-bond acceptors (Lipinski definition) is 2. The van der Waals surface area contributed by atoms with E-state index >= 15 is 0 Å². The molecule has 0 atom stereocenters. The van der Waals surface area contributed by atoms with Crippen LogP contribution in [0.15, 0.2) is 10.5 Å². The highest BCUT2D eigenvalue weighted by molar-refractivity contribution is 9.10. The van der Waals surface area contributed by atoms with Crippen molar-refractivity contribution in [2.75, 3.05) is 6.61 Å². The van der Waals surface area contributed by atoms with Gasteiger partial charge in [0, 0.05) is 26.2 Å². The van der Waals surface area contributed by atoms with Gasteiger partial charge in [0.05, 0.1) is 0 Å². The van der Waals surface area contributed by atoms with Crippen molar-refractivity contribution in [3.05, 3.63) is 20.3 Å². The molecule has 1 heterocycles. The molecule has 74 valence electrons. The molecule has 0 aliphatic rings. The largest absolute Gasteiger partial charge is 0.396 e. The summed E-state index contributed by atoms with van der Waals surface area (Å²) in [5.41, 5.74) is 0.0759. The molecule has 0 aliphatic heterocycles.